The van der Waals surface area contributed by atoms with Gasteiger partial charge in [-0.2, -0.15) is 0 Å². The topological polar surface area (TPSA) is 22.8 Å². The van der Waals surface area contributed by atoms with Gasteiger partial charge in [0.15, 0.2) is 0 Å². The zero-order valence-corrected chi connectivity index (χ0v) is 40.5. The Bertz CT molecular complexity index is 4000. The summed E-state index contributed by atoms with van der Waals surface area (Å²) in [5, 5.41) is 5.07. The largest absolute Gasteiger partial charge is 0.309 e. The second-order valence-electron chi connectivity index (χ2n) is 19.1. The zero-order valence-electron chi connectivity index (χ0n) is 40.5. The molecule has 0 aliphatic carbocycles. The van der Waals surface area contributed by atoms with Crippen molar-refractivity contribution in [1.29, 1.82) is 0 Å². The Labute approximate surface area is 430 Å². The van der Waals surface area contributed by atoms with Gasteiger partial charge in [-0.15, -0.1) is 0 Å². The molecule has 0 amide bonds. The molecule has 3 heterocycles. The number of benzene rings is 11. The molecule has 346 valence electrons. The van der Waals surface area contributed by atoms with Crippen LogP contribution in [0.1, 0.15) is 0 Å². The molecule has 0 radical (unpaired) electrons. The van der Waals surface area contributed by atoms with Crippen LogP contribution in [0.15, 0.2) is 285 Å². The van der Waals surface area contributed by atoms with E-state index in [1.165, 1.54) is 77.0 Å². The fraction of sp³-hybridized carbons (Fsp3) is 0. The maximum absolute atomic E-state index is 5.31. The van der Waals surface area contributed by atoms with Crippen LogP contribution in [-0.4, -0.2) is 14.1 Å². The normalized spacial score (nSPS) is 11.5. The molecular weight excluding hydrogens is 895 g/mol. The number of fused-ring (bicyclic) bond motifs is 6. The maximum Gasteiger partial charge on any atom is 0.0715 e. The minimum Gasteiger partial charge on any atom is -0.309 e. The highest BCUT2D eigenvalue weighted by atomic mass is 15.0. The quantitative estimate of drug-likeness (QED) is 0.141. The predicted molar refractivity (Wildman–Crippen MR) is 311 cm³/mol. The Morgan fingerprint density at radius 2 is 0.459 bits per heavy atom. The molecule has 0 bridgehead atoms. The summed E-state index contributed by atoms with van der Waals surface area (Å²) in [6.07, 6.45) is 0. The predicted octanol–water partition coefficient (Wildman–Crippen LogP) is 18.9. The van der Waals surface area contributed by atoms with Gasteiger partial charge in [0.1, 0.15) is 0 Å². The van der Waals surface area contributed by atoms with Gasteiger partial charge in [-0.05, 0) is 116 Å². The molecule has 3 nitrogen and oxygen atoms in total. The number of aromatic nitrogens is 3. The van der Waals surface area contributed by atoms with Crippen molar-refractivity contribution >= 4 is 43.6 Å². The van der Waals surface area contributed by atoms with Crippen LogP contribution in [0.25, 0.3) is 133 Å². The van der Waals surface area contributed by atoms with Crippen LogP contribution < -0.4 is 0 Å². The lowest BCUT2D eigenvalue weighted by Gasteiger charge is -2.12. The van der Waals surface area contributed by atoms with Gasteiger partial charge >= 0.3 is 0 Å². The molecule has 0 atom stereocenters. The summed E-state index contributed by atoms with van der Waals surface area (Å²) in [7, 11) is 0. The third-order valence-corrected chi connectivity index (χ3v) is 14.8. The van der Waals surface area contributed by atoms with Gasteiger partial charge in [-0.3, -0.25) is 0 Å². The van der Waals surface area contributed by atoms with E-state index in [2.05, 4.69) is 294 Å². The molecular formula is C71H47N3. The number of nitrogens with zero attached hydrogens (tertiary/aromatic N) is 3. The van der Waals surface area contributed by atoms with E-state index in [0.29, 0.717) is 0 Å². The number of hydrogen-bond acceptors (Lipinski definition) is 1. The van der Waals surface area contributed by atoms with E-state index >= 15 is 0 Å². The highest BCUT2D eigenvalue weighted by Gasteiger charge is 2.15. The van der Waals surface area contributed by atoms with Gasteiger partial charge in [0.05, 0.1) is 33.5 Å². The molecule has 0 saturated carbocycles. The van der Waals surface area contributed by atoms with Crippen LogP contribution in [0.4, 0.5) is 0 Å². The molecule has 74 heavy (non-hydrogen) atoms. The Morgan fingerprint density at radius 3 is 0.811 bits per heavy atom. The first-order valence-corrected chi connectivity index (χ1v) is 25.3. The average molecular weight is 942 g/mol. The van der Waals surface area contributed by atoms with Crippen LogP contribution in [0.2, 0.25) is 0 Å². The van der Waals surface area contributed by atoms with E-state index in [1.807, 2.05) is 0 Å². The zero-order chi connectivity index (χ0) is 49.0. The van der Waals surface area contributed by atoms with Crippen LogP contribution in [0, 0.1) is 0 Å². The van der Waals surface area contributed by atoms with Gasteiger partial charge in [-0.25, -0.2) is 4.98 Å². The van der Waals surface area contributed by atoms with E-state index in [-0.39, 0.29) is 0 Å². The number of para-hydroxylation sites is 4. The molecule has 11 aromatic carbocycles. The van der Waals surface area contributed by atoms with Crippen LogP contribution in [0.3, 0.4) is 0 Å². The molecule has 0 spiro atoms. The number of rotatable bonds is 9. The fourth-order valence-electron chi connectivity index (χ4n) is 11.1. The van der Waals surface area contributed by atoms with Crippen molar-refractivity contribution in [3.05, 3.63) is 285 Å². The van der Waals surface area contributed by atoms with Gasteiger partial charge in [0.2, 0.25) is 0 Å². The second-order valence-corrected chi connectivity index (χ2v) is 19.1. The first kappa shape index (κ1) is 43.0. The van der Waals surface area contributed by atoms with E-state index < -0.39 is 0 Å². The summed E-state index contributed by atoms with van der Waals surface area (Å²) in [5.41, 5.74) is 22.9. The van der Waals surface area contributed by atoms with E-state index in [0.717, 1.165) is 56.1 Å². The van der Waals surface area contributed by atoms with E-state index in [4.69, 9.17) is 4.98 Å². The SMILES string of the molecule is c1ccc(-c2cc(-c3ccc(-c4ccc(-c5cccc(-n6c7ccccc7c7ccccc76)c5)cc4)cc3)nc(-c3ccc(-c4ccc(-c5cccc(-n6c7ccccc7c7ccccc76)c5)cc4)cc3)c2)cc1. The van der Waals surface area contributed by atoms with E-state index in [1.54, 1.807) is 0 Å². The molecule has 0 saturated heterocycles. The number of pyridine rings is 1. The molecule has 14 rings (SSSR count). The lowest BCUT2D eigenvalue weighted by atomic mass is 9.96. The third-order valence-electron chi connectivity index (χ3n) is 14.8. The van der Waals surface area contributed by atoms with Gasteiger partial charge in [-0.1, -0.05) is 224 Å². The Balaban J connectivity index is 0.720. The molecule has 0 aliphatic heterocycles. The Morgan fingerprint density at radius 1 is 0.189 bits per heavy atom. The number of hydrogen-bond donors (Lipinski definition) is 0. The molecule has 0 unspecified atom stereocenters. The molecule has 0 N–H and O–H groups in total. The van der Waals surface area contributed by atoms with Gasteiger partial charge < -0.3 is 9.13 Å². The summed E-state index contributed by atoms with van der Waals surface area (Å²) in [6.45, 7) is 0. The standard InChI is InChI=1S/C71H47N3/c1-2-14-48(15-3-1)59-46-66(55-40-36-51(37-41-55)49-28-32-53(33-29-49)57-16-12-18-60(44-57)73-68-24-8-4-20-62(68)63-21-5-9-25-69(63)73)72-67(47-59)56-42-38-52(39-43-56)50-30-34-54(35-31-50)58-17-13-19-61(45-58)74-70-26-10-6-22-64(70)65-23-7-11-27-71(65)74/h1-47H. The first-order valence-electron chi connectivity index (χ1n) is 25.3. The van der Waals surface area contributed by atoms with Crippen molar-refractivity contribution in [2.45, 2.75) is 0 Å². The Kier molecular flexibility index (Phi) is 10.5. The molecule has 0 aliphatic rings. The summed E-state index contributed by atoms with van der Waals surface area (Å²) in [5.74, 6) is 0. The van der Waals surface area contributed by atoms with Crippen molar-refractivity contribution in [3.8, 4) is 89.5 Å². The molecule has 3 heteroatoms. The molecule has 14 aromatic rings. The summed E-state index contributed by atoms with van der Waals surface area (Å²) in [6, 6.07) is 103. The highest BCUT2D eigenvalue weighted by molar-refractivity contribution is 6.10. The minimum absolute atomic E-state index is 0.938. The third kappa shape index (κ3) is 7.67. The maximum atomic E-state index is 5.31. The average Bonchev–Trinajstić information content (AvgIpc) is 4.01. The summed E-state index contributed by atoms with van der Waals surface area (Å²) >= 11 is 0. The smallest absolute Gasteiger partial charge is 0.0715 e. The van der Waals surface area contributed by atoms with Crippen molar-refractivity contribution in [1.82, 2.24) is 14.1 Å². The van der Waals surface area contributed by atoms with E-state index in [9.17, 15) is 0 Å². The molecule has 0 fully saturated rings. The molecule has 3 aromatic heterocycles. The second kappa shape index (κ2) is 18.1. The van der Waals surface area contributed by atoms with Crippen LogP contribution in [-0.2, 0) is 0 Å². The van der Waals surface area contributed by atoms with Crippen molar-refractivity contribution in [2.75, 3.05) is 0 Å². The highest BCUT2D eigenvalue weighted by Crippen LogP contribution is 2.37. The van der Waals surface area contributed by atoms with Crippen LogP contribution >= 0.6 is 0 Å². The Hall–Kier alpha value is -9.83. The lowest BCUT2D eigenvalue weighted by Crippen LogP contribution is -1.94. The lowest BCUT2D eigenvalue weighted by molar-refractivity contribution is 1.18. The van der Waals surface area contributed by atoms with Crippen molar-refractivity contribution < 1.29 is 0 Å². The van der Waals surface area contributed by atoms with Gasteiger partial charge in [0.25, 0.3) is 0 Å². The monoisotopic (exact) mass is 941 g/mol. The minimum atomic E-state index is 0.938. The fourth-order valence-corrected chi connectivity index (χ4v) is 11.1. The van der Waals surface area contributed by atoms with Crippen molar-refractivity contribution in [2.24, 2.45) is 0 Å². The summed E-state index contributed by atoms with van der Waals surface area (Å²) in [4.78, 5) is 5.31. The van der Waals surface area contributed by atoms with Crippen LogP contribution in [0.5, 0.6) is 0 Å². The first-order chi connectivity index (χ1) is 36.7. The summed E-state index contributed by atoms with van der Waals surface area (Å²) < 4.78 is 4.75. The van der Waals surface area contributed by atoms with Gasteiger partial charge in [0, 0.05) is 44.0 Å². The van der Waals surface area contributed by atoms with Crippen molar-refractivity contribution in [3.63, 3.8) is 0 Å².